The minimum absolute atomic E-state index is 0.0372. The normalized spacial score (nSPS) is 18.1. The Kier molecular flexibility index (Phi) is 5.19. The molecular formula is C22H26F3N7O. The van der Waals surface area contributed by atoms with Gasteiger partial charge in [0.15, 0.2) is 5.82 Å². The van der Waals surface area contributed by atoms with Gasteiger partial charge in [-0.1, -0.05) is 6.42 Å². The zero-order valence-corrected chi connectivity index (χ0v) is 18.5. The lowest BCUT2D eigenvalue weighted by molar-refractivity contribution is -0.216. The van der Waals surface area contributed by atoms with Crippen LogP contribution in [0.25, 0.3) is 22.8 Å². The molecule has 1 fully saturated rings. The molecule has 1 aliphatic heterocycles. The second-order valence-corrected chi connectivity index (χ2v) is 9.05. The number of aryl methyl sites for hydroxylation is 2. The van der Waals surface area contributed by atoms with Crippen molar-refractivity contribution < 1.29 is 18.3 Å². The predicted octanol–water partition coefficient (Wildman–Crippen LogP) is 3.69. The van der Waals surface area contributed by atoms with Crippen LogP contribution in [0.5, 0.6) is 0 Å². The van der Waals surface area contributed by atoms with Crippen LogP contribution in [0.15, 0.2) is 18.5 Å². The fraction of sp³-hybridized carbons (Fsp3) is 0.545. The first-order valence-electron chi connectivity index (χ1n) is 11.2. The highest BCUT2D eigenvalue weighted by atomic mass is 19.4. The molecule has 0 unspecified atom stereocenters. The van der Waals surface area contributed by atoms with E-state index in [1.807, 2.05) is 30.7 Å². The molecule has 0 radical (unpaired) electrons. The maximum absolute atomic E-state index is 14.0. The lowest BCUT2D eigenvalue weighted by atomic mass is 9.67. The van der Waals surface area contributed by atoms with Gasteiger partial charge in [-0.15, -0.1) is 10.2 Å². The molecule has 1 saturated carbocycles. The van der Waals surface area contributed by atoms with Crippen molar-refractivity contribution in [2.24, 2.45) is 0 Å². The first-order chi connectivity index (χ1) is 15.7. The molecule has 2 N–H and O–H groups in total. The van der Waals surface area contributed by atoms with Crippen LogP contribution in [0.1, 0.15) is 44.0 Å². The van der Waals surface area contributed by atoms with Gasteiger partial charge < -0.3 is 19.6 Å². The molecule has 3 aromatic rings. The van der Waals surface area contributed by atoms with Gasteiger partial charge in [0.05, 0.1) is 18.0 Å². The summed E-state index contributed by atoms with van der Waals surface area (Å²) in [6.07, 6.45) is 0.656. The number of hydrogen-bond donors (Lipinski definition) is 2. The average Bonchev–Trinajstić information content (AvgIpc) is 3.28. The number of halogens is 3. The van der Waals surface area contributed by atoms with E-state index in [1.165, 1.54) is 0 Å². The summed E-state index contributed by atoms with van der Waals surface area (Å²) in [6.45, 7) is 4.79. The van der Waals surface area contributed by atoms with Gasteiger partial charge >= 0.3 is 6.18 Å². The Balaban J connectivity index is 1.56. The lowest BCUT2D eigenvalue weighted by Gasteiger charge is -2.42. The largest absolute Gasteiger partial charge is 0.401 e. The molecule has 4 heterocycles. The number of alkyl halides is 3. The van der Waals surface area contributed by atoms with Gasteiger partial charge in [0.1, 0.15) is 11.2 Å². The third kappa shape index (κ3) is 3.49. The molecule has 3 aromatic heterocycles. The van der Waals surface area contributed by atoms with Gasteiger partial charge in [0.2, 0.25) is 5.95 Å². The second-order valence-electron chi connectivity index (χ2n) is 9.05. The Hall–Kier alpha value is -2.95. The van der Waals surface area contributed by atoms with E-state index < -0.39 is 11.6 Å². The third-order valence-corrected chi connectivity index (χ3v) is 6.73. The standard InChI is InChI=1S/C22H26F3N7O/c1-13-10-26-20(27-14(2)12-33)28-17(13)15-9-16-18-29-30-19(21(5-3-6-21)22(23,24)25)32(18)8-4-7-31(16)11-15/h9-11,14,33H,3-8,12H2,1-2H3,(H,26,27,28)/t14-/m0/s1. The van der Waals surface area contributed by atoms with Crippen molar-refractivity contribution in [2.75, 3.05) is 11.9 Å². The van der Waals surface area contributed by atoms with Crippen LogP contribution in [-0.4, -0.2) is 53.2 Å². The Bertz CT molecular complexity index is 1180. The maximum Gasteiger partial charge on any atom is 0.401 e. The third-order valence-electron chi connectivity index (χ3n) is 6.73. The molecule has 176 valence electrons. The molecule has 2 aliphatic rings. The van der Waals surface area contributed by atoms with Crippen LogP contribution in [0.2, 0.25) is 0 Å². The molecule has 0 spiro atoms. The molecule has 0 saturated heterocycles. The Morgan fingerprint density at radius 2 is 2.00 bits per heavy atom. The van der Waals surface area contributed by atoms with Gasteiger partial charge in [-0.2, -0.15) is 13.2 Å². The molecule has 33 heavy (non-hydrogen) atoms. The van der Waals surface area contributed by atoms with E-state index in [2.05, 4.69) is 25.5 Å². The van der Waals surface area contributed by atoms with Crippen LogP contribution in [-0.2, 0) is 18.5 Å². The predicted molar refractivity (Wildman–Crippen MR) is 116 cm³/mol. The van der Waals surface area contributed by atoms with E-state index in [1.54, 1.807) is 10.8 Å². The monoisotopic (exact) mass is 461 g/mol. The minimum atomic E-state index is -4.35. The lowest BCUT2D eigenvalue weighted by Crippen LogP contribution is -2.49. The summed E-state index contributed by atoms with van der Waals surface area (Å²) in [7, 11) is 0. The van der Waals surface area contributed by atoms with E-state index in [0.29, 0.717) is 37.7 Å². The van der Waals surface area contributed by atoms with Crippen molar-refractivity contribution in [1.29, 1.82) is 0 Å². The molecule has 11 heteroatoms. The van der Waals surface area contributed by atoms with Crippen LogP contribution < -0.4 is 5.32 Å². The smallest absolute Gasteiger partial charge is 0.394 e. The van der Waals surface area contributed by atoms with E-state index >= 15 is 0 Å². The summed E-state index contributed by atoms with van der Waals surface area (Å²) in [6, 6.07) is 1.71. The number of fused-ring (bicyclic) bond motifs is 3. The van der Waals surface area contributed by atoms with Crippen molar-refractivity contribution in [3.8, 4) is 22.8 Å². The van der Waals surface area contributed by atoms with Gasteiger partial charge in [-0.3, -0.25) is 0 Å². The van der Waals surface area contributed by atoms with Crippen molar-refractivity contribution in [2.45, 2.75) is 70.3 Å². The first kappa shape index (κ1) is 21.9. The Morgan fingerprint density at radius 1 is 1.21 bits per heavy atom. The maximum atomic E-state index is 14.0. The zero-order chi connectivity index (χ0) is 23.4. The first-order valence-corrected chi connectivity index (χ1v) is 11.2. The van der Waals surface area contributed by atoms with E-state index in [9.17, 15) is 18.3 Å². The van der Waals surface area contributed by atoms with Gasteiger partial charge in [0.25, 0.3) is 0 Å². The number of anilines is 1. The molecular weight excluding hydrogens is 435 g/mol. The average molecular weight is 461 g/mol. The summed E-state index contributed by atoms with van der Waals surface area (Å²) < 4.78 is 45.6. The molecule has 0 aromatic carbocycles. The van der Waals surface area contributed by atoms with Crippen molar-refractivity contribution in [3.63, 3.8) is 0 Å². The van der Waals surface area contributed by atoms with Crippen molar-refractivity contribution >= 4 is 5.95 Å². The molecule has 0 amide bonds. The molecule has 5 rings (SSSR count). The van der Waals surface area contributed by atoms with Crippen LogP contribution in [0.4, 0.5) is 19.1 Å². The van der Waals surface area contributed by atoms with Gasteiger partial charge in [-0.25, -0.2) is 9.97 Å². The SMILES string of the molecule is Cc1cnc(N[C@@H](C)CO)nc1-c1cc2n(c1)CCCn1c-2nnc1C1(C(F)(F)F)CCC1. The van der Waals surface area contributed by atoms with E-state index in [0.717, 1.165) is 22.5 Å². The number of aliphatic hydroxyl groups is 1. The number of rotatable bonds is 5. The van der Waals surface area contributed by atoms with E-state index in [-0.39, 0.29) is 31.3 Å². The highest BCUT2D eigenvalue weighted by Crippen LogP contribution is 2.54. The number of aromatic nitrogens is 6. The van der Waals surface area contributed by atoms with Gasteiger partial charge in [-0.05, 0) is 44.7 Å². The molecule has 1 atom stereocenters. The summed E-state index contributed by atoms with van der Waals surface area (Å²) in [5, 5.41) is 20.7. The quantitative estimate of drug-likeness (QED) is 0.602. The molecule has 0 bridgehead atoms. The fourth-order valence-electron chi connectivity index (χ4n) is 4.70. The molecule has 8 nitrogen and oxygen atoms in total. The number of nitrogens with one attached hydrogen (secondary N) is 1. The van der Waals surface area contributed by atoms with Crippen LogP contribution in [0, 0.1) is 6.92 Å². The van der Waals surface area contributed by atoms with Crippen molar-refractivity contribution in [1.82, 2.24) is 29.3 Å². The summed E-state index contributed by atoms with van der Waals surface area (Å²) in [5.41, 5.74) is 1.25. The number of hydrogen-bond acceptors (Lipinski definition) is 6. The minimum Gasteiger partial charge on any atom is -0.394 e. The zero-order valence-electron chi connectivity index (χ0n) is 18.5. The Morgan fingerprint density at radius 3 is 2.67 bits per heavy atom. The highest BCUT2D eigenvalue weighted by Gasteiger charge is 2.62. The molecule has 1 aliphatic carbocycles. The fourth-order valence-corrected chi connectivity index (χ4v) is 4.70. The topological polar surface area (TPSA) is 93.7 Å². The van der Waals surface area contributed by atoms with Crippen molar-refractivity contribution in [3.05, 3.63) is 29.8 Å². The summed E-state index contributed by atoms with van der Waals surface area (Å²) in [4.78, 5) is 8.90. The van der Waals surface area contributed by atoms with Crippen LogP contribution in [0.3, 0.4) is 0 Å². The second kappa shape index (κ2) is 7.82. The summed E-state index contributed by atoms with van der Waals surface area (Å²) in [5.74, 6) is 0.902. The van der Waals surface area contributed by atoms with Gasteiger partial charge in [0, 0.05) is 37.1 Å². The van der Waals surface area contributed by atoms with E-state index in [4.69, 9.17) is 0 Å². The summed E-state index contributed by atoms with van der Waals surface area (Å²) >= 11 is 0. The Labute approximate surface area is 188 Å². The number of aliphatic hydroxyl groups excluding tert-OH is 1. The van der Waals surface area contributed by atoms with Crippen LogP contribution >= 0.6 is 0 Å². The highest BCUT2D eigenvalue weighted by molar-refractivity contribution is 5.70. The number of nitrogens with zero attached hydrogens (tertiary/aromatic N) is 6.